The molecule has 0 aliphatic carbocycles. The summed E-state index contributed by atoms with van der Waals surface area (Å²) in [4.78, 5) is 28.1. The molecule has 2 amide bonds. The SMILES string of the molecule is CC(C)C(=O)N1CCC2(CC1)SCCN2C(=O)C[C@@H](C)O. The Kier molecular flexibility index (Phi) is 5.20. The number of aliphatic hydroxyl groups excluding tert-OH is 1. The molecule has 6 heteroatoms. The summed E-state index contributed by atoms with van der Waals surface area (Å²) in [7, 11) is 0. The zero-order valence-electron chi connectivity index (χ0n) is 13.2. The molecule has 0 aromatic heterocycles. The first kappa shape index (κ1) is 16.6. The molecule has 2 rings (SSSR count). The molecule has 120 valence electrons. The Morgan fingerprint density at radius 2 is 1.81 bits per heavy atom. The summed E-state index contributed by atoms with van der Waals surface area (Å²) >= 11 is 1.84. The standard InChI is InChI=1S/C15H26N2O3S/c1-11(2)14(20)16-6-4-15(5-7-16)17(8-9-21-15)13(19)10-12(3)18/h11-12,18H,4-10H2,1-3H3/t12-/m1/s1. The molecular weight excluding hydrogens is 288 g/mol. The van der Waals surface area contributed by atoms with Gasteiger partial charge in [-0.3, -0.25) is 9.59 Å². The molecule has 2 aliphatic heterocycles. The molecule has 2 fully saturated rings. The largest absolute Gasteiger partial charge is 0.393 e. The second-order valence-corrected chi connectivity index (χ2v) is 7.83. The van der Waals surface area contributed by atoms with Crippen LogP contribution in [0.25, 0.3) is 0 Å². The van der Waals surface area contributed by atoms with Crippen LogP contribution in [0.1, 0.15) is 40.0 Å². The van der Waals surface area contributed by atoms with Crippen LogP contribution in [0.3, 0.4) is 0 Å². The van der Waals surface area contributed by atoms with Crippen LogP contribution in [-0.4, -0.2) is 63.1 Å². The lowest BCUT2D eigenvalue weighted by molar-refractivity contribution is -0.139. The molecule has 0 unspecified atom stereocenters. The smallest absolute Gasteiger partial charge is 0.226 e. The Labute approximate surface area is 131 Å². The number of aliphatic hydroxyl groups is 1. The van der Waals surface area contributed by atoms with Crippen molar-refractivity contribution in [2.24, 2.45) is 5.92 Å². The number of thioether (sulfide) groups is 1. The summed E-state index contributed by atoms with van der Waals surface area (Å²) in [5.74, 6) is 1.22. The predicted octanol–water partition coefficient (Wildman–Crippen LogP) is 1.31. The number of carbonyl (C=O) groups is 2. The molecule has 2 aliphatic rings. The Morgan fingerprint density at radius 3 is 2.33 bits per heavy atom. The van der Waals surface area contributed by atoms with E-state index in [0.717, 1.165) is 38.2 Å². The highest BCUT2D eigenvalue weighted by molar-refractivity contribution is 8.00. The molecular formula is C15H26N2O3S. The number of nitrogens with zero attached hydrogens (tertiary/aromatic N) is 2. The summed E-state index contributed by atoms with van der Waals surface area (Å²) in [5.41, 5.74) is 0. The van der Waals surface area contributed by atoms with Crippen molar-refractivity contribution in [2.45, 2.75) is 51.0 Å². The lowest BCUT2D eigenvalue weighted by Crippen LogP contribution is -2.54. The maximum Gasteiger partial charge on any atom is 0.226 e. The maximum atomic E-state index is 12.3. The zero-order valence-corrected chi connectivity index (χ0v) is 14.0. The average Bonchev–Trinajstić information content (AvgIpc) is 2.81. The third-order valence-corrected chi connectivity index (χ3v) is 5.85. The van der Waals surface area contributed by atoms with E-state index in [2.05, 4.69) is 0 Å². The van der Waals surface area contributed by atoms with Crippen molar-refractivity contribution in [3.05, 3.63) is 0 Å². The summed E-state index contributed by atoms with van der Waals surface area (Å²) < 4.78 is 0. The molecule has 21 heavy (non-hydrogen) atoms. The van der Waals surface area contributed by atoms with Crippen molar-refractivity contribution < 1.29 is 14.7 Å². The van der Waals surface area contributed by atoms with Gasteiger partial charge in [-0.1, -0.05) is 13.8 Å². The van der Waals surface area contributed by atoms with E-state index in [0.29, 0.717) is 0 Å². The Bertz CT molecular complexity index is 404. The Hall–Kier alpha value is -0.750. The molecule has 1 N–H and O–H groups in total. The number of amides is 2. The van der Waals surface area contributed by atoms with Crippen LogP contribution < -0.4 is 0 Å². The number of rotatable bonds is 3. The Balaban J connectivity index is 2.00. The minimum absolute atomic E-state index is 0.0308. The van der Waals surface area contributed by atoms with E-state index < -0.39 is 6.10 Å². The minimum atomic E-state index is -0.595. The summed E-state index contributed by atoms with van der Waals surface area (Å²) in [5, 5.41) is 9.44. The minimum Gasteiger partial charge on any atom is -0.393 e. The van der Waals surface area contributed by atoms with Crippen LogP contribution in [0.5, 0.6) is 0 Å². The van der Waals surface area contributed by atoms with Crippen LogP contribution in [0, 0.1) is 5.92 Å². The molecule has 2 saturated heterocycles. The third kappa shape index (κ3) is 3.54. The maximum absolute atomic E-state index is 12.3. The number of piperidine rings is 1. The molecule has 0 bridgehead atoms. The molecule has 2 heterocycles. The van der Waals surface area contributed by atoms with Gasteiger partial charge < -0.3 is 14.9 Å². The van der Waals surface area contributed by atoms with Gasteiger partial charge in [-0.2, -0.15) is 0 Å². The first-order valence-electron chi connectivity index (χ1n) is 7.77. The van der Waals surface area contributed by atoms with E-state index in [1.165, 1.54) is 0 Å². The first-order valence-corrected chi connectivity index (χ1v) is 8.75. The summed E-state index contributed by atoms with van der Waals surface area (Å²) in [6, 6.07) is 0. The quantitative estimate of drug-likeness (QED) is 0.853. The lowest BCUT2D eigenvalue weighted by Gasteiger charge is -2.44. The van der Waals surface area contributed by atoms with Gasteiger partial charge in [0.2, 0.25) is 11.8 Å². The van der Waals surface area contributed by atoms with Crippen molar-refractivity contribution in [2.75, 3.05) is 25.4 Å². The van der Waals surface area contributed by atoms with Crippen LogP contribution >= 0.6 is 11.8 Å². The van der Waals surface area contributed by atoms with Gasteiger partial charge in [0.25, 0.3) is 0 Å². The van der Waals surface area contributed by atoms with Crippen LogP contribution in [0.4, 0.5) is 0 Å². The van der Waals surface area contributed by atoms with Crippen LogP contribution in [-0.2, 0) is 9.59 Å². The molecule has 1 atom stereocenters. The predicted molar refractivity (Wildman–Crippen MR) is 83.9 cm³/mol. The van der Waals surface area contributed by atoms with E-state index in [1.54, 1.807) is 6.92 Å². The fourth-order valence-corrected chi connectivity index (χ4v) is 4.65. The van der Waals surface area contributed by atoms with Gasteiger partial charge in [0.1, 0.15) is 0 Å². The van der Waals surface area contributed by atoms with Crippen LogP contribution in [0.15, 0.2) is 0 Å². The van der Waals surface area contributed by atoms with Crippen molar-refractivity contribution in [1.82, 2.24) is 9.80 Å². The van der Waals surface area contributed by atoms with E-state index >= 15 is 0 Å². The first-order chi connectivity index (χ1) is 9.85. The molecule has 5 nitrogen and oxygen atoms in total. The van der Waals surface area contributed by atoms with Crippen molar-refractivity contribution in [3.63, 3.8) is 0 Å². The molecule has 0 radical (unpaired) electrons. The molecule has 0 saturated carbocycles. The zero-order chi connectivity index (χ0) is 15.6. The highest BCUT2D eigenvalue weighted by atomic mass is 32.2. The topological polar surface area (TPSA) is 60.9 Å². The van der Waals surface area contributed by atoms with E-state index in [9.17, 15) is 14.7 Å². The van der Waals surface area contributed by atoms with Gasteiger partial charge >= 0.3 is 0 Å². The van der Waals surface area contributed by atoms with Gasteiger partial charge in [-0.15, -0.1) is 11.8 Å². The fourth-order valence-electron chi connectivity index (χ4n) is 3.18. The van der Waals surface area contributed by atoms with E-state index in [1.807, 2.05) is 35.4 Å². The number of likely N-dealkylation sites (tertiary alicyclic amines) is 1. The fraction of sp³-hybridized carbons (Fsp3) is 0.867. The normalized spacial score (nSPS) is 22.9. The highest BCUT2D eigenvalue weighted by Gasteiger charge is 2.46. The lowest BCUT2D eigenvalue weighted by atomic mass is 10.00. The van der Waals surface area contributed by atoms with Crippen LogP contribution in [0.2, 0.25) is 0 Å². The van der Waals surface area contributed by atoms with Crippen molar-refractivity contribution >= 4 is 23.6 Å². The number of hydrogen-bond acceptors (Lipinski definition) is 4. The summed E-state index contributed by atoms with van der Waals surface area (Å²) in [6.07, 6.45) is 1.27. The van der Waals surface area contributed by atoms with Gasteiger partial charge in [0.05, 0.1) is 17.4 Å². The van der Waals surface area contributed by atoms with Gasteiger partial charge in [-0.25, -0.2) is 0 Å². The number of hydrogen-bond donors (Lipinski definition) is 1. The van der Waals surface area contributed by atoms with E-state index in [-0.39, 0.29) is 29.0 Å². The average molecular weight is 314 g/mol. The third-order valence-electron chi connectivity index (χ3n) is 4.30. The van der Waals surface area contributed by atoms with Crippen molar-refractivity contribution in [1.29, 1.82) is 0 Å². The Morgan fingerprint density at radius 1 is 1.19 bits per heavy atom. The summed E-state index contributed by atoms with van der Waals surface area (Å²) in [6.45, 7) is 7.71. The van der Waals surface area contributed by atoms with E-state index in [4.69, 9.17) is 0 Å². The van der Waals surface area contributed by atoms with Gasteiger partial charge in [0.15, 0.2) is 0 Å². The van der Waals surface area contributed by atoms with Crippen molar-refractivity contribution in [3.8, 4) is 0 Å². The number of carbonyl (C=O) groups excluding carboxylic acids is 2. The molecule has 0 aromatic carbocycles. The molecule has 1 spiro atoms. The molecule has 0 aromatic rings. The van der Waals surface area contributed by atoms with Gasteiger partial charge in [-0.05, 0) is 19.8 Å². The monoisotopic (exact) mass is 314 g/mol. The second-order valence-electron chi connectivity index (χ2n) is 6.37. The highest BCUT2D eigenvalue weighted by Crippen LogP contribution is 2.44. The second kappa shape index (κ2) is 6.57. The van der Waals surface area contributed by atoms with Gasteiger partial charge in [0, 0.05) is 31.3 Å².